The first-order chi connectivity index (χ1) is 10.6. The largest absolute Gasteiger partial charge is 0.481 e. The van der Waals surface area contributed by atoms with Crippen LogP contribution in [-0.2, 0) is 16.0 Å². The number of hydrogen-bond donors (Lipinski definition) is 2. The molecular formula is C17H19NO3S. The molecule has 1 heterocycles. The summed E-state index contributed by atoms with van der Waals surface area (Å²) in [6, 6.07) is 13.2. The van der Waals surface area contributed by atoms with Gasteiger partial charge in [0.1, 0.15) is 0 Å². The Balaban J connectivity index is 1.93. The molecule has 1 amide bonds. The molecule has 0 radical (unpaired) electrons. The van der Waals surface area contributed by atoms with E-state index in [0.29, 0.717) is 19.3 Å². The van der Waals surface area contributed by atoms with Gasteiger partial charge >= 0.3 is 5.97 Å². The van der Waals surface area contributed by atoms with Crippen LogP contribution < -0.4 is 5.32 Å². The van der Waals surface area contributed by atoms with Crippen LogP contribution in [0, 0.1) is 0 Å². The third kappa shape index (κ3) is 5.33. The number of carboxylic acids is 1. The summed E-state index contributed by atoms with van der Waals surface area (Å²) in [5.41, 5.74) is 0.938. The SMILES string of the molecule is O=C(O)CCC(NC(=O)CCc1cccs1)c1ccccc1. The third-order valence-corrected chi connectivity index (χ3v) is 4.30. The molecule has 0 aliphatic heterocycles. The van der Waals surface area contributed by atoms with Crippen molar-refractivity contribution in [1.29, 1.82) is 0 Å². The van der Waals surface area contributed by atoms with E-state index in [1.165, 1.54) is 4.88 Å². The zero-order valence-corrected chi connectivity index (χ0v) is 13.0. The van der Waals surface area contributed by atoms with Gasteiger partial charge in [0.15, 0.2) is 0 Å². The second-order valence-corrected chi connectivity index (χ2v) is 6.07. The molecule has 0 spiro atoms. The Bertz CT molecular complexity index is 596. The van der Waals surface area contributed by atoms with Crippen LogP contribution in [0.25, 0.3) is 0 Å². The van der Waals surface area contributed by atoms with Crippen molar-refractivity contribution in [3.63, 3.8) is 0 Å². The Hall–Kier alpha value is -2.14. The van der Waals surface area contributed by atoms with Crippen LogP contribution in [0.2, 0.25) is 0 Å². The van der Waals surface area contributed by atoms with Gasteiger partial charge in [0, 0.05) is 17.7 Å². The van der Waals surface area contributed by atoms with Gasteiger partial charge < -0.3 is 10.4 Å². The summed E-state index contributed by atoms with van der Waals surface area (Å²) in [6.45, 7) is 0. The second-order valence-electron chi connectivity index (χ2n) is 5.04. The van der Waals surface area contributed by atoms with E-state index in [1.54, 1.807) is 11.3 Å². The molecule has 0 saturated carbocycles. The van der Waals surface area contributed by atoms with Gasteiger partial charge in [-0.25, -0.2) is 0 Å². The summed E-state index contributed by atoms with van der Waals surface area (Å²) in [6.07, 6.45) is 1.55. The van der Waals surface area contributed by atoms with E-state index in [9.17, 15) is 9.59 Å². The zero-order chi connectivity index (χ0) is 15.8. The quantitative estimate of drug-likeness (QED) is 0.784. The number of thiophene rings is 1. The average molecular weight is 317 g/mol. The van der Waals surface area contributed by atoms with Gasteiger partial charge in [-0.15, -0.1) is 11.3 Å². The standard InChI is InChI=1S/C17H19NO3S/c19-16(10-8-14-7-4-12-22-14)18-15(9-11-17(20)21)13-5-2-1-3-6-13/h1-7,12,15H,8-11H2,(H,18,19)(H,20,21). The van der Waals surface area contributed by atoms with Gasteiger partial charge in [0.05, 0.1) is 6.04 Å². The second kappa shape index (κ2) is 8.34. The van der Waals surface area contributed by atoms with Gasteiger partial charge in [0.2, 0.25) is 5.91 Å². The van der Waals surface area contributed by atoms with Crippen LogP contribution >= 0.6 is 11.3 Å². The monoisotopic (exact) mass is 317 g/mol. The fourth-order valence-corrected chi connectivity index (χ4v) is 2.94. The fourth-order valence-electron chi connectivity index (χ4n) is 2.23. The minimum atomic E-state index is -0.853. The van der Waals surface area contributed by atoms with Crippen molar-refractivity contribution < 1.29 is 14.7 Å². The minimum absolute atomic E-state index is 0.0325. The molecule has 1 atom stereocenters. The number of carbonyl (C=O) groups is 2. The number of carbonyl (C=O) groups excluding carboxylic acids is 1. The summed E-state index contributed by atoms with van der Waals surface area (Å²) in [5, 5.41) is 13.8. The first-order valence-electron chi connectivity index (χ1n) is 7.23. The molecule has 2 N–H and O–H groups in total. The highest BCUT2D eigenvalue weighted by Gasteiger charge is 2.15. The number of nitrogens with one attached hydrogen (secondary N) is 1. The van der Waals surface area contributed by atoms with Gasteiger partial charge in [0.25, 0.3) is 0 Å². The van der Waals surface area contributed by atoms with Gasteiger partial charge in [-0.1, -0.05) is 36.4 Å². The molecule has 2 aromatic rings. The summed E-state index contributed by atoms with van der Waals surface area (Å²) in [4.78, 5) is 24.1. The molecule has 22 heavy (non-hydrogen) atoms. The van der Waals surface area contributed by atoms with Crippen LogP contribution in [0.1, 0.15) is 35.7 Å². The van der Waals surface area contributed by atoms with Crippen LogP contribution in [0.15, 0.2) is 47.8 Å². The first-order valence-corrected chi connectivity index (χ1v) is 8.11. The molecule has 0 saturated heterocycles. The van der Waals surface area contributed by atoms with Crippen molar-refractivity contribution >= 4 is 23.2 Å². The molecule has 4 nitrogen and oxygen atoms in total. The molecule has 0 bridgehead atoms. The molecule has 1 aromatic carbocycles. The lowest BCUT2D eigenvalue weighted by Gasteiger charge is -2.18. The van der Waals surface area contributed by atoms with Gasteiger partial charge in [-0.05, 0) is 29.9 Å². The van der Waals surface area contributed by atoms with E-state index in [0.717, 1.165) is 5.56 Å². The molecule has 0 aliphatic carbocycles. The highest BCUT2D eigenvalue weighted by atomic mass is 32.1. The fraction of sp³-hybridized carbons (Fsp3) is 0.294. The maximum absolute atomic E-state index is 12.1. The van der Waals surface area contributed by atoms with Gasteiger partial charge in [-0.3, -0.25) is 9.59 Å². The van der Waals surface area contributed by atoms with E-state index in [4.69, 9.17) is 5.11 Å². The molecule has 0 fully saturated rings. The van der Waals surface area contributed by atoms with Crippen molar-refractivity contribution in [2.45, 2.75) is 31.7 Å². The molecule has 116 valence electrons. The van der Waals surface area contributed by atoms with Crippen molar-refractivity contribution in [1.82, 2.24) is 5.32 Å². The zero-order valence-electron chi connectivity index (χ0n) is 12.2. The van der Waals surface area contributed by atoms with Crippen LogP contribution in [-0.4, -0.2) is 17.0 Å². The summed E-state index contributed by atoms with van der Waals surface area (Å²) >= 11 is 1.64. The summed E-state index contributed by atoms with van der Waals surface area (Å²) < 4.78 is 0. The third-order valence-electron chi connectivity index (χ3n) is 3.36. The topological polar surface area (TPSA) is 66.4 Å². The molecule has 2 rings (SSSR count). The average Bonchev–Trinajstić information content (AvgIpc) is 3.03. The van der Waals surface area contributed by atoms with E-state index in [-0.39, 0.29) is 18.4 Å². The van der Waals surface area contributed by atoms with E-state index < -0.39 is 5.97 Å². The molecule has 1 aromatic heterocycles. The highest BCUT2D eigenvalue weighted by molar-refractivity contribution is 7.09. The molecule has 5 heteroatoms. The Morgan fingerprint density at radius 3 is 2.50 bits per heavy atom. The van der Waals surface area contributed by atoms with Crippen LogP contribution in [0.3, 0.4) is 0 Å². The summed E-state index contributed by atoms with van der Waals surface area (Å²) in [7, 11) is 0. The number of aryl methyl sites for hydroxylation is 1. The van der Waals surface area contributed by atoms with Crippen LogP contribution in [0.4, 0.5) is 0 Å². The Labute approximate surface area is 133 Å². The first kappa shape index (κ1) is 16.2. The molecular weight excluding hydrogens is 298 g/mol. The predicted molar refractivity (Wildman–Crippen MR) is 86.8 cm³/mol. The van der Waals surface area contributed by atoms with Crippen molar-refractivity contribution in [3.05, 3.63) is 58.3 Å². The van der Waals surface area contributed by atoms with E-state index in [1.807, 2.05) is 47.8 Å². The van der Waals surface area contributed by atoms with Crippen molar-refractivity contribution in [3.8, 4) is 0 Å². The number of aliphatic carboxylic acids is 1. The van der Waals surface area contributed by atoms with Crippen LogP contribution in [0.5, 0.6) is 0 Å². The van der Waals surface area contributed by atoms with Crippen molar-refractivity contribution in [2.24, 2.45) is 0 Å². The maximum atomic E-state index is 12.1. The van der Waals surface area contributed by atoms with E-state index in [2.05, 4.69) is 5.32 Å². The molecule has 1 unspecified atom stereocenters. The normalized spacial score (nSPS) is 11.8. The lowest BCUT2D eigenvalue weighted by molar-refractivity contribution is -0.137. The number of rotatable bonds is 8. The van der Waals surface area contributed by atoms with Gasteiger partial charge in [-0.2, -0.15) is 0 Å². The van der Waals surface area contributed by atoms with Crippen molar-refractivity contribution in [2.75, 3.05) is 0 Å². The number of carboxylic acid groups (broad SMARTS) is 1. The minimum Gasteiger partial charge on any atom is -0.481 e. The summed E-state index contributed by atoms with van der Waals surface area (Å²) in [5.74, 6) is -0.901. The lowest BCUT2D eigenvalue weighted by atomic mass is 10.0. The highest BCUT2D eigenvalue weighted by Crippen LogP contribution is 2.19. The van der Waals surface area contributed by atoms with E-state index >= 15 is 0 Å². The predicted octanol–water partition coefficient (Wildman–Crippen LogP) is 3.40. The number of benzene rings is 1. The molecule has 0 aliphatic rings. The maximum Gasteiger partial charge on any atom is 0.303 e. The Morgan fingerprint density at radius 1 is 1.09 bits per heavy atom. The Kier molecular flexibility index (Phi) is 6.15. The lowest BCUT2D eigenvalue weighted by Crippen LogP contribution is -2.29. The number of amides is 1. The Morgan fingerprint density at radius 2 is 1.86 bits per heavy atom. The number of hydrogen-bond acceptors (Lipinski definition) is 3. The smallest absolute Gasteiger partial charge is 0.303 e.